The summed E-state index contributed by atoms with van der Waals surface area (Å²) in [5, 5.41) is 105. The summed E-state index contributed by atoms with van der Waals surface area (Å²) in [4.78, 5) is 0. The van der Waals surface area contributed by atoms with Gasteiger partial charge in [0.1, 0.15) is 48.8 Å². The van der Waals surface area contributed by atoms with Crippen molar-refractivity contribution in [1.29, 1.82) is 0 Å². The summed E-state index contributed by atoms with van der Waals surface area (Å²) < 4.78 is 23.4. The molecule has 2 aliphatic carbocycles. The second kappa shape index (κ2) is 13.3. The minimum absolute atomic E-state index is 0.0130. The predicted molar refractivity (Wildman–Crippen MR) is 159 cm³/mol. The van der Waals surface area contributed by atoms with E-state index >= 15 is 0 Å². The summed E-state index contributed by atoms with van der Waals surface area (Å²) in [6, 6.07) is 1.90. The van der Waals surface area contributed by atoms with Crippen LogP contribution in [0.5, 0.6) is 11.5 Å². The summed E-state index contributed by atoms with van der Waals surface area (Å²) >= 11 is 0. The molecule has 1 aromatic rings. The number of ether oxygens (including phenoxy) is 4. The molecule has 1 aromatic carbocycles. The lowest BCUT2D eigenvalue weighted by atomic mass is 9.58. The van der Waals surface area contributed by atoms with E-state index in [1.807, 2.05) is 33.8 Å². The van der Waals surface area contributed by atoms with Crippen LogP contribution in [-0.2, 0) is 27.1 Å². The number of phenols is 1. The highest BCUT2D eigenvalue weighted by atomic mass is 16.7. The molecule has 46 heavy (non-hydrogen) atoms. The van der Waals surface area contributed by atoms with Gasteiger partial charge >= 0.3 is 0 Å². The van der Waals surface area contributed by atoms with E-state index in [9.17, 15) is 51.1 Å². The van der Waals surface area contributed by atoms with Gasteiger partial charge in [-0.25, -0.2) is 0 Å². The molecule has 5 rings (SSSR count). The molecule has 4 aliphatic rings. The number of aliphatic hydroxyl groups excluding tert-OH is 8. The van der Waals surface area contributed by atoms with E-state index < -0.39 is 91.7 Å². The van der Waals surface area contributed by atoms with E-state index in [0.717, 1.165) is 5.56 Å². The number of aliphatic hydroxyl groups is 9. The molecule has 3 fully saturated rings. The van der Waals surface area contributed by atoms with Crippen LogP contribution in [0.15, 0.2) is 6.07 Å². The van der Waals surface area contributed by atoms with E-state index in [2.05, 4.69) is 0 Å². The third kappa shape index (κ3) is 6.16. The van der Waals surface area contributed by atoms with Crippen LogP contribution in [0.2, 0.25) is 0 Å². The van der Waals surface area contributed by atoms with Crippen molar-refractivity contribution in [3.8, 4) is 11.5 Å². The first-order chi connectivity index (χ1) is 21.5. The van der Waals surface area contributed by atoms with Crippen molar-refractivity contribution in [2.45, 2.75) is 139 Å². The molecule has 0 spiro atoms. The molecule has 2 saturated heterocycles. The fraction of sp³-hybridized carbons (Fsp3) is 0.812. The Morgan fingerprint density at radius 2 is 1.41 bits per heavy atom. The Morgan fingerprint density at radius 1 is 0.848 bits per heavy atom. The van der Waals surface area contributed by atoms with Crippen molar-refractivity contribution in [2.75, 3.05) is 13.2 Å². The van der Waals surface area contributed by atoms with Crippen molar-refractivity contribution >= 4 is 0 Å². The second-order valence-electron chi connectivity index (χ2n) is 14.3. The van der Waals surface area contributed by atoms with Crippen LogP contribution >= 0.6 is 0 Å². The zero-order valence-corrected chi connectivity index (χ0v) is 26.6. The number of hydrogen-bond acceptors (Lipinski definition) is 14. The standard InChI is InChI=1S/C32H50O14/c1-13(2)15-9-14-5-6-19-31(3,4)20(45-29-26(40)24(38)22(36)17(11-33)43-29)7-8-32(19,42)10-16(14)21(35)28(15)46-30-27(41)25(39)23(37)18(12-34)44-30/h9,13,17-20,22-27,29-30,33-42H,5-8,10-12H2,1-4H3/t17-,18-,19-,20+,22-,23-,24-,25+,26-,27-,29+,30+,32+/m1/s1. The molecule has 14 nitrogen and oxygen atoms in total. The largest absolute Gasteiger partial charge is 0.504 e. The van der Waals surface area contributed by atoms with E-state index in [1.54, 1.807) is 0 Å². The van der Waals surface area contributed by atoms with Gasteiger partial charge in [0.05, 0.1) is 24.9 Å². The summed E-state index contributed by atoms with van der Waals surface area (Å²) in [5.74, 6) is -0.728. The van der Waals surface area contributed by atoms with Gasteiger partial charge in [-0.2, -0.15) is 0 Å². The van der Waals surface area contributed by atoms with Gasteiger partial charge in [-0.3, -0.25) is 0 Å². The van der Waals surface area contributed by atoms with Gasteiger partial charge in [-0.05, 0) is 48.5 Å². The van der Waals surface area contributed by atoms with Gasteiger partial charge in [-0.15, -0.1) is 0 Å². The van der Waals surface area contributed by atoms with Gasteiger partial charge < -0.3 is 70.0 Å². The third-order valence-corrected chi connectivity index (χ3v) is 10.7. The van der Waals surface area contributed by atoms with Crippen molar-refractivity contribution < 1.29 is 70.0 Å². The molecule has 0 radical (unpaired) electrons. The highest BCUT2D eigenvalue weighted by Crippen LogP contribution is 2.55. The van der Waals surface area contributed by atoms with E-state index in [1.165, 1.54) is 0 Å². The zero-order chi connectivity index (χ0) is 33.9. The molecular weight excluding hydrogens is 608 g/mol. The van der Waals surface area contributed by atoms with Crippen LogP contribution in [0.4, 0.5) is 0 Å². The quantitative estimate of drug-likeness (QED) is 0.161. The smallest absolute Gasteiger partial charge is 0.229 e. The topological polar surface area (TPSA) is 239 Å². The molecule has 2 heterocycles. The number of aryl methyl sites for hydroxylation is 1. The molecule has 0 amide bonds. The molecule has 0 bridgehead atoms. The van der Waals surface area contributed by atoms with Gasteiger partial charge in [0, 0.05) is 17.5 Å². The van der Waals surface area contributed by atoms with Crippen LogP contribution < -0.4 is 4.74 Å². The zero-order valence-electron chi connectivity index (χ0n) is 26.6. The predicted octanol–water partition coefficient (Wildman–Crippen LogP) is -1.46. The van der Waals surface area contributed by atoms with E-state index in [4.69, 9.17) is 18.9 Å². The van der Waals surface area contributed by atoms with Gasteiger partial charge in [0.25, 0.3) is 0 Å². The lowest BCUT2D eigenvalue weighted by molar-refractivity contribution is -0.328. The summed E-state index contributed by atoms with van der Waals surface area (Å²) in [5.41, 5.74) is -0.0973. The Kier molecular flexibility index (Phi) is 10.3. The molecule has 10 N–H and O–H groups in total. The molecule has 2 aliphatic heterocycles. The SMILES string of the molecule is CC(C)c1cc2c(c(O)c1O[C@@H]1O[C@H](CO)[C@@H](O)[C@H](O)[C@H]1O)C[C@@]1(O)CC[C@H](O[C@@H]3O[C@H](CO)[C@@H](O)[C@@H](O)[C@H]3O)C(C)(C)[C@H]1CC2. The van der Waals surface area contributed by atoms with Crippen LogP contribution in [0.3, 0.4) is 0 Å². The molecule has 0 unspecified atom stereocenters. The maximum atomic E-state index is 12.2. The highest BCUT2D eigenvalue weighted by Gasteiger charge is 2.56. The van der Waals surface area contributed by atoms with Crippen LogP contribution in [0.25, 0.3) is 0 Å². The number of rotatable bonds is 7. The molecular formula is C32H50O14. The first kappa shape index (κ1) is 35.6. The second-order valence-corrected chi connectivity index (χ2v) is 14.3. The fourth-order valence-corrected chi connectivity index (χ4v) is 7.91. The summed E-state index contributed by atoms with van der Waals surface area (Å²) in [6.45, 7) is 6.47. The molecule has 13 atom stereocenters. The Bertz CT molecular complexity index is 1220. The molecule has 262 valence electrons. The molecule has 14 heteroatoms. The van der Waals surface area contributed by atoms with Gasteiger partial charge in [0.15, 0.2) is 17.8 Å². The molecule has 0 aromatic heterocycles. The van der Waals surface area contributed by atoms with Crippen molar-refractivity contribution in [2.24, 2.45) is 11.3 Å². The number of fused-ring (bicyclic) bond motifs is 2. The average Bonchev–Trinajstić information content (AvgIpc) is 3.16. The van der Waals surface area contributed by atoms with Crippen LogP contribution in [0, 0.1) is 11.3 Å². The Balaban J connectivity index is 1.42. The lowest BCUT2D eigenvalue weighted by Crippen LogP contribution is -2.62. The third-order valence-electron chi connectivity index (χ3n) is 10.7. The molecule has 1 saturated carbocycles. The Labute approximate surface area is 267 Å². The van der Waals surface area contributed by atoms with Crippen molar-refractivity contribution in [1.82, 2.24) is 0 Å². The summed E-state index contributed by atoms with van der Waals surface area (Å²) in [7, 11) is 0. The lowest BCUT2D eigenvalue weighted by Gasteiger charge is -2.54. The van der Waals surface area contributed by atoms with Crippen molar-refractivity contribution in [3.63, 3.8) is 0 Å². The van der Waals surface area contributed by atoms with E-state index in [-0.39, 0.29) is 36.2 Å². The number of aromatic hydroxyl groups is 1. The maximum absolute atomic E-state index is 12.2. The Hall–Kier alpha value is -1.66. The number of hydrogen-bond donors (Lipinski definition) is 10. The maximum Gasteiger partial charge on any atom is 0.229 e. The number of phenolic OH excluding ortho intramolecular Hbond substituents is 1. The van der Waals surface area contributed by atoms with Gasteiger partial charge in [-0.1, -0.05) is 33.8 Å². The average molecular weight is 659 g/mol. The normalized spacial score (nSPS) is 42.7. The first-order valence-electron chi connectivity index (χ1n) is 16.1. The minimum atomic E-state index is -1.68. The van der Waals surface area contributed by atoms with Crippen LogP contribution in [0.1, 0.15) is 69.6 Å². The fourth-order valence-electron chi connectivity index (χ4n) is 7.91. The first-order valence-corrected chi connectivity index (χ1v) is 16.1. The van der Waals surface area contributed by atoms with E-state index in [0.29, 0.717) is 30.4 Å². The van der Waals surface area contributed by atoms with Gasteiger partial charge in [0.2, 0.25) is 6.29 Å². The monoisotopic (exact) mass is 658 g/mol. The highest BCUT2D eigenvalue weighted by molar-refractivity contribution is 5.57. The van der Waals surface area contributed by atoms with Crippen molar-refractivity contribution in [3.05, 3.63) is 22.8 Å². The summed E-state index contributed by atoms with van der Waals surface area (Å²) in [6.07, 6.45) is -13.5. The number of benzene rings is 1. The van der Waals surface area contributed by atoms with Crippen LogP contribution in [-0.4, -0.2) is 137 Å². The Morgan fingerprint density at radius 3 is 1.98 bits per heavy atom. The minimum Gasteiger partial charge on any atom is -0.504 e.